The molecule has 1 aliphatic heterocycles. The Balaban J connectivity index is 1.29. The Morgan fingerprint density at radius 3 is 2.69 bits per heavy atom. The van der Waals surface area contributed by atoms with Gasteiger partial charge in [0.05, 0.1) is 16.2 Å². The van der Waals surface area contributed by atoms with Gasteiger partial charge in [0.1, 0.15) is 21.9 Å². The monoisotopic (exact) mass is 554 g/mol. The van der Waals surface area contributed by atoms with Crippen LogP contribution in [0.15, 0.2) is 89.8 Å². The van der Waals surface area contributed by atoms with E-state index in [2.05, 4.69) is 15.0 Å². The molecule has 4 aromatic heterocycles. The van der Waals surface area contributed by atoms with Gasteiger partial charge in [-0.25, -0.2) is 27.3 Å². The maximum absolute atomic E-state index is 13.5. The summed E-state index contributed by atoms with van der Waals surface area (Å²) < 4.78 is 30.2. The number of benzene rings is 2. The van der Waals surface area contributed by atoms with Crippen molar-refractivity contribution in [3.05, 3.63) is 102 Å². The minimum Gasteiger partial charge on any atom is -0.377 e. The quantitative estimate of drug-likeness (QED) is 0.331. The molecule has 6 aromatic rings. The molecule has 0 saturated carbocycles. The van der Waals surface area contributed by atoms with Gasteiger partial charge in [-0.1, -0.05) is 35.9 Å². The van der Waals surface area contributed by atoms with Crippen LogP contribution in [-0.4, -0.2) is 42.0 Å². The molecule has 39 heavy (non-hydrogen) atoms. The normalized spacial score (nSPS) is 17.1. The largest absolute Gasteiger partial charge is 0.377 e. The predicted molar refractivity (Wildman–Crippen MR) is 148 cm³/mol. The van der Waals surface area contributed by atoms with Crippen molar-refractivity contribution in [2.24, 2.45) is 0 Å². The van der Waals surface area contributed by atoms with Crippen molar-refractivity contribution in [1.29, 1.82) is 0 Å². The zero-order chi connectivity index (χ0) is 26.8. The maximum atomic E-state index is 13.5. The lowest BCUT2D eigenvalue weighted by molar-refractivity contribution is 0.0786. The second-order valence-corrected chi connectivity index (χ2v) is 12.2. The Bertz CT molecular complexity index is 1970. The SMILES string of the molecule is Cc1ccc(S(=O)(=O)n2cc(-c3nc(-c4cccc([C@@]5(O)CCn6ccnc65)c4)cs3)c3nccnc32)cc1. The molecule has 5 heterocycles. The molecular weight excluding hydrogens is 532 g/mol. The maximum Gasteiger partial charge on any atom is 0.269 e. The molecule has 7 rings (SSSR count). The van der Waals surface area contributed by atoms with Crippen LogP contribution in [-0.2, 0) is 22.2 Å². The summed E-state index contributed by atoms with van der Waals surface area (Å²) in [6, 6.07) is 14.4. The molecule has 0 saturated heterocycles. The number of hydrogen-bond acceptors (Lipinski definition) is 8. The molecule has 1 N–H and O–H groups in total. The van der Waals surface area contributed by atoms with Gasteiger partial charge in [-0.3, -0.25) is 4.98 Å². The average molecular weight is 555 g/mol. The first kappa shape index (κ1) is 23.9. The zero-order valence-electron chi connectivity index (χ0n) is 20.8. The van der Waals surface area contributed by atoms with E-state index in [1.165, 1.54) is 21.5 Å². The van der Waals surface area contributed by atoms with Gasteiger partial charge in [0.15, 0.2) is 5.65 Å². The molecule has 1 aliphatic rings. The summed E-state index contributed by atoms with van der Waals surface area (Å²) >= 11 is 1.40. The Labute approximate surface area is 228 Å². The lowest BCUT2D eigenvalue weighted by Gasteiger charge is -2.22. The van der Waals surface area contributed by atoms with Gasteiger partial charge in [-0.2, -0.15) is 0 Å². The van der Waals surface area contributed by atoms with Crippen LogP contribution in [0.1, 0.15) is 23.4 Å². The lowest BCUT2D eigenvalue weighted by Crippen LogP contribution is -2.25. The third-order valence-corrected chi connectivity index (χ3v) is 9.68. The van der Waals surface area contributed by atoms with E-state index in [0.29, 0.717) is 40.6 Å². The average Bonchev–Trinajstić information content (AvgIpc) is 3.74. The summed E-state index contributed by atoms with van der Waals surface area (Å²) in [6.07, 6.45) is 8.69. The highest BCUT2D eigenvalue weighted by molar-refractivity contribution is 7.90. The van der Waals surface area contributed by atoms with Crippen molar-refractivity contribution in [2.75, 3.05) is 0 Å². The number of fused-ring (bicyclic) bond motifs is 2. The topological polar surface area (TPSA) is 116 Å². The van der Waals surface area contributed by atoms with Gasteiger partial charge in [-0.05, 0) is 30.7 Å². The van der Waals surface area contributed by atoms with E-state index in [0.717, 1.165) is 16.7 Å². The number of aromatic nitrogens is 6. The summed E-state index contributed by atoms with van der Waals surface area (Å²) in [5.41, 5.74) is 3.40. The molecule has 0 spiro atoms. The molecule has 0 unspecified atom stereocenters. The molecule has 0 bridgehead atoms. The fourth-order valence-electron chi connectivity index (χ4n) is 5.07. The summed E-state index contributed by atoms with van der Waals surface area (Å²) in [7, 11) is -3.90. The van der Waals surface area contributed by atoms with E-state index in [-0.39, 0.29) is 10.5 Å². The third-order valence-electron chi connectivity index (χ3n) is 7.14. The van der Waals surface area contributed by atoms with E-state index in [9.17, 15) is 13.5 Å². The van der Waals surface area contributed by atoms with Crippen molar-refractivity contribution in [3.8, 4) is 21.8 Å². The van der Waals surface area contributed by atoms with E-state index in [4.69, 9.17) is 4.98 Å². The minimum atomic E-state index is -3.90. The van der Waals surface area contributed by atoms with Crippen molar-refractivity contribution < 1.29 is 13.5 Å². The van der Waals surface area contributed by atoms with E-state index in [1.807, 2.05) is 47.3 Å². The number of aryl methyl sites for hydroxylation is 2. The van der Waals surface area contributed by atoms with Gasteiger partial charge < -0.3 is 9.67 Å². The predicted octanol–water partition coefficient (Wildman–Crippen LogP) is 4.60. The summed E-state index contributed by atoms with van der Waals surface area (Å²) in [6.45, 7) is 2.61. The Kier molecular flexibility index (Phi) is 5.31. The highest BCUT2D eigenvalue weighted by Gasteiger charge is 2.40. The molecule has 0 fully saturated rings. The van der Waals surface area contributed by atoms with E-state index < -0.39 is 15.6 Å². The molecule has 9 nitrogen and oxygen atoms in total. The molecule has 11 heteroatoms. The molecule has 0 aliphatic carbocycles. The zero-order valence-corrected chi connectivity index (χ0v) is 22.4. The second-order valence-electron chi connectivity index (χ2n) is 9.56. The Morgan fingerprint density at radius 1 is 1.03 bits per heavy atom. The summed E-state index contributed by atoms with van der Waals surface area (Å²) in [5, 5.41) is 14.0. The fraction of sp³-hybridized carbons (Fsp3) is 0.143. The highest BCUT2D eigenvalue weighted by Crippen LogP contribution is 2.40. The van der Waals surface area contributed by atoms with E-state index in [1.54, 1.807) is 42.9 Å². The van der Waals surface area contributed by atoms with Crippen LogP contribution in [0, 0.1) is 6.92 Å². The van der Waals surface area contributed by atoms with Crippen molar-refractivity contribution in [2.45, 2.75) is 30.4 Å². The van der Waals surface area contributed by atoms with Crippen LogP contribution in [0.2, 0.25) is 0 Å². The van der Waals surface area contributed by atoms with Crippen molar-refractivity contribution >= 4 is 32.5 Å². The van der Waals surface area contributed by atoms with Crippen LogP contribution in [0.25, 0.3) is 33.0 Å². The molecule has 1 atom stereocenters. The van der Waals surface area contributed by atoms with Crippen LogP contribution in [0.3, 0.4) is 0 Å². The Hall–Kier alpha value is -4.19. The highest BCUT2D eigenvalue weighted by atomic mass is 32.2. The van der Waals surface area contributed by atoms with Crippen LogP contribution >= 0.6 is 11.3 Å². The number of aliphatic hydroxyl groups is 1. The molecular formula is C28H22N6O3S2. The van der Waals surface area contributed by atoms with Crippen molar-refractivity contribution in [3.63, 3.8) is 0 Å². The minimum absolute atomic E-state index is 0.171. The first-order chi connectivity index (χ1) is 18.8. The summed E-state index contributed by atoms with van der Waals surface area (Å²) in [5.74, 6) is 0.639. The number of thiazole rings is 1. The smallest absolute Gasteiger partial charge is 0.269 e. The van der Waals surface area contributed by atoms with Gasteiger partial charge >= 0.3 is 0 Å². The van der Waals surface area contributed by atoms with Gasteiger partial charge in [0, 0.05) is 54.9 Å². The lowest BCUT2D eigenvalue weighted by atomic mass is 9.90. The number of nitrogens with zero attached hydrogens (tertiary/aromatic N) is 6. The summed E-state index contributed by atoms with van der Waals surface area (Å²) in [4.78, 5) is 18.2. The standard InChI is InChI=1S/C28H22N6O3S2/c1-18-5-7-21(8-6-18)39(36,37)34-16-22(24-25(34)30-11-10-29-24)26-32-23(17-38-26)19-3-2-4-20(15-19)28(35)9-13-33-14-12-31-27(28)33/h2-8,10-12,14-17,35H,9,13H2,1H3/t28-/m0/s1. The Morgan fingerprint density at radius 2 is 1.85 bits per heavy atom. The van der Waals surface area contributed by atoms with Crippen LogP contribution < -0.4 is 0 Å². The van der Waals surface area contributed by atoms with E-state index >= 15 is 0 Å². The first-order valence-electron chi connectivity index (χ1n) is 12.3. The van der Waals surface area contributed by atoms with Crippen molar-refractivity contribution in [1.82, 2.24) is 28.5 Å². The van der Waals surface area contributed by atoms with Crippen LogP contribution in [0.5, 0.6) is 0 Å². The molecule has 194 valence electrons. The van der Waals surface area contributed by atoms with Gasteiger partial charge in [0.25, 0.3) is 10.0 Å². The number of hydrogen-bond donors (Lipinski definition) is 1. The molecule has 2 aromatic carbocycles. The van der Waals surface area contributed by atoms with Gasteiger partial charge in [0.2, 0.25) is 0 Å². The molecule has 0 amide bonds. The van der Waals surface area contributed by atoms with Crippen LogP contribution in [0.4, 0.5) is 0 Å². The second kappa shape index (κ2) is 8.67. The molecule has 0 radical (unpaired) electrons. The third kappa shape index (κ3) is 3.73. The fourth-order valence-corrected chi connectivity index (χ4v) is 7.22. The van der Waals surface area contributed by atoms with Gasteiger partial charge in [-0.15, -0.1) is 11.3 Å². The number of rotatable bonds is 5. The first-order valence-corrected chi connectivity index (χ1v) is 14.6. The number of imidazole rings is 1.